The summed E-state index contributed by atoms with van der Waals surface area (Å²) in [4.78, 5) is 27.8. The predicted molar refractivity (Wildman–Crippen MR) is 103 cm³/mol. The molecule has 1 aliphatic heterocycles. The van der Waals surface area contributed by atoms with Crippen LogP contribution in [0, 0.1) is 6.92 Å². The zero-order valence-corrected chi connectivity index (χ0v) is 16.3. The molecular formula is C16H21ClN6O2S. The third kappa shape index (κ3) is 3.89. The van der Waals surface area contributed by atoms with Crippen LogP contribution in [0.15, 0.2) is 0 Å². The number of esters is 1. The number of hydrogen-bond donors (Lipinski definition) is 2. The van der Waals surface area contributed by atoms with E-state index in [1.54, 1.807) is 13.8 Å². The molecule has 0 unspecified atom stereocenters. The van der Waals surface area contributed by atoms with Gasteiger partial charge in [0.15, 0.2) is 5.13 Å². The van der Waals surface area contributed by atoms with Crippen LogP contribution in [-0.2, 0) is 11.2 Å². The fraction of sp³-hybridized carbons (Fsp3) is 0.500. The molecule has 0 bridgehead atoms. The molecule has 3 rings (SSSR count). The fourth-order valence-corrected chi connectivity index (χ4v) is 3.95. The highest BCUT2D eigenvalue weighted by atomic mass is 35.5. The van der Waals surface area contributed by atoms with Gasteiger partial charge in [0.05, 0.1) is 12.3 Å². The first kappa shape index (κ1) is 18.8. The minimum Gasteiger partial charge on any atom is -0.462 e. The predicted octanol–water partition coefficient (Wildman–Crippen LogP) is 2.53. The SMILES string of the molecule is CCOC(=O)c1sc(Nc2nc(Cl)c3c(n2)N(CCN)CCC3)nc1C. The van der Waals surface area contributed by atoms with Gasteiger partial charge in [-0.3, -0.25) is 5.32 Å². The fourth-order valence-electron chi connectivity index (χ4n) is 2.84. The minimum atomic E-state index is -0.380. The topological polar surface area (TPSA) is 106 Å². The molecule has 8 nitrogen and oxygen atoms in total. The molecule has 0 spiro atoms. The van der Waals surface area contributed by atoms with E-state index in [9.17, 15) is 4.79 Å². The summed E-state index contributed by atoms with van der Waals surface area (Å²) in [6.45, 7) is 5.99. The largest absolute Gasteiger partial charge is 0.462 e. The molecule has 10 heteroatoms. The number of anilines is 3. The minimum absolute atomic E-state index is 0.319. The smallest absolute Gasteiger partial charge is 0.350 e. The molecule has 0 aromatic carbocycles. The second kappa shape index (κ2) is 8.15. The molecule has 2 aromatic heterocycles. The number of aryl methyl sites for hydroxylation is 1. The summed E-state index contributed by atoms with van der Waals surface area (Å²) >= 11 is 7.57. The molecule has 0 radical (unpaired) electrons. The summed E-state index contributed by atoms with van der Waals surface area (Å²) in [7, 11) is 0. The van der Waals surface area contributed by atoms with Crippen molar-refractivity contribution >= 4 is 45.8 Å². The molecule has 3 N–H and O–H groups in total. The quantitative estimate of drug-likeness (QED) is 0.566. The van der Waals surface area contributed by atoms with Gasteiger partial charge in [0.1, 0.15) is 15.8 Å². The van der Waals surface area contributed by atoms with Gasteiger partial charge in [-0.05, 0) is 26.7 Å². The van der Waals surface area contributed by atoms with Crippen LogP contribution in [0.4, 0.5) is 16.9 Å². The summed E-state index contributed by atoms with van der Waals surface area (Å²) in [6.07, 6.45) is 1.84. The highest BCUT2D eigenvalue weighted by molar-refractivity contribution is 7.17. The van der Waals surface area contributed by atoms with Crippen molar-refractivity contribution in [1.82, 2.24) is 15.0 Å². The van der Waals surface area contributed by atoms with E-state index in [-0.39, 0.29) is 5.97 Å². The highest BCUT2D eigenvalue weighted by Crippen LogP contribution is 2.32. The summed E-state index contributed by atoms with van der Waals surface area (Å²) in [5, 5.41) is 4.00. The van der Waals surface area contributed by atoms with Crippen LogP contribution in [-0.4, -0.2) is 47.2 Å². The van der Waals surface area contributed by atoms with Gasteiger partial charge >= 0.3 is 5.97 Å². The van der Waals surface area contributed by atoms with E-state index in [1.807, 2.05) is 0 Å². The third-order valence-corrected chi connectivity index (χ3v) is 5.33. The molecule has 2 aromatic rings. The number of aromatic nitrogens is 3. The molecule has 0 fully saturated rings. The van der Waals surface area contributed by atoms with Crippen molar-refractivity contribution in [1.29, 1.82) is 0 Å². The highest BCUT2D eigenvalue weighted by Gasteiger charge is 2.23. The van der Waals surface area contributed by atoms with E-state index in [2.05, 4.69) is 25.2 Å². The van der Waals surface area contributed by atoms with E-state index in [0.29, 0.717) is 46.5 Å². The number of nitrogens with one attached hydrogen (secondary N) is 1. The number of fused-ring (bicyclic) bond motifs is 1. The third-order valence-electron chi connectivity index (χ3n) is 3.96. The van der Waals surface area contributed by atoms with Gasteiger partial charge in [-0.1, -0.05) is 22.9 Å². The van der Waals surface area contributed by atoms with Crippen LogP contribution in [0.3, 0.4) is 0 Å². The summed E-state index contributed by atoms with van der Waals surface area (Å²) < 4.78 is 5.04. The van der Waals surface area contributed by atoms with E-state index >= 15 is 0 Å². The summed E-state index contributed by atoms with van der Waals surface area (Å²) in [6, 6.07) is 0. The molecule has 140 valence electrons. The second-order valence-electron chi connectivity index (χ2n) is 5.80. The average molecular weight is 397 g/mol. The number of thiazole rings is 1. The van der Waals surface area contributed by atoms with Crippen molar-refractivity contribution in [3.05, 3.63) is 21.3 Å². The molecule has 3 heterocycles. The van der Waals surface area contributed by atoms with Gasteiger partial charge in [-0.15, -0.1) is 0 Å². The Bertz CT molecular complexity index is 812. The van der Waals surface area contributed by atoms with Crippen LogP contribution in [0.1, 0.15) is 34.3 Å². The number of carbonyl (C=O) groups is 1. The second-order valence-corrected chi connectivity index (χ2v) is 7.16. The van der Waals surface area contributed by atoms with E-state index in [4.69, 9.17) is 22.1 Å². The van der Waals surface area contributed by atoms with Crippen LogP contribution in [0.5, 0.6) is 0 Å². The molecule has 0 saturated carbocycles. The van der Waals surface area contributed by atoms with E-state index in [1.165, 1.54) is 11.3 Å². The maximum atomic E-state index is 11.9. The van der Waals surface area contributed by atoms with Gasteiger partial charge < -0.3 is 15.4 Å². The molecule has 0 saturated heterocycles. The number of ether oxygens (including phenoxy) is 1. The Hall–Kier alpha value is -1.97. The molecule has 26 heavy (non-hydrogen) atoms. The average Bonchev–Trinajstić information content (AvgIpc) is 2.96. The maximum absolute atomic E-state index is 11.9. The number of hydrogen-bond acceptors (Lipinski definition) is 9. The lowest BCUT2D eigenvalue weighted by atomic mass is 10.1. The van der Waals surface area contributed by atoms with Crippen LogP contribution in [0.25, 0.3) is 0 Å². The first-order chi connectivity index (χ1) is 12.5. The zero-order chi connectivity index (χ0) is 18.7. The van der Waals surface area contributed by atoms with Crippen molar-refractivity contribution in [3.63, 3.8) is 0 Å². The lowest BCUT2D eigenvalue weighted by molar-refractivity contribution is 0.0531. The van der Waals surface area contributed by atoms with Crippen molar-refractivity contribution < 1.29 is 9.53 Å². The van der Waals surface area contributed by atoms with Gasteiger partial charge in [0, 0.05) is 25.2 Å². The van der Waals surface area contributed by atoms with Crippen molar-refractivity contribution in [2.45, 2.75) is 26.7 Å². The Morgan fingerprint density at radius 3 is 2.96 bits per heavy atom. The van der Waals surface area contributed by atoms with Crippen molar-refractivity contribution in [3.8, 4) is 0 Å². The van der Waals surface area contributed by atoms with Gasteiger partial charge in [0.2, 0.25) is 5.95 Å². The number of nitrogens with zero attached hydrogens (tertiary/aromatic N) is 4. The van der Waals surface area contributed by atoms with Crippen molar-refractivity contribution in [2.75, 3.05) is 36.5 Å². The molecule has 1 aliphatic rings. The van der Waals surface area contributed by atoms with Gasteiger partial charge in [-0.25, -0.2) is 14.8 Å². The lowest BCUT2D eigenvalue weighted by Gasteiger charge is -2.30. The Labute approximate surface area is 160 Å². The first-order valence-electron chi connectivity index (χ1n) is 8.46. The molecule has 0 aliphatic carbocycles. The van der Waals surface area contributed by atoms with E-state index < -0.39 is 0 Å². The Morgan fingerprint density at radius 1 is 1.42 bits per heavy atom. The zero-order valence-electron chi connectivity index (χ0n) is 14.7. The summed E-state index contributed by atoms with van der Waals surface area (Å²) in [5.41, 5.74) is 7.25. The Morgan fingerprint density at radius 2 is 2.23 bits per heavy atom. The molecular weight excluding hydrogens is 376 g/mol. The van der Waals surface area contributed by atoms with Crippen molar-refractivity contribution in [2.24, 2.45) is 5.73 Å². The number of carbonyl (C=O) groups excluding carboxylic acids is 1. The van der Waals surface area contributed by atoms with E-state index in [0.717, 1.165) is 30.8 Å². The number of rotatable bonds is 6. The van der Waals surface area contributed by atoms with Gasteiger partial charge in [-0.2, -0.15) is 4.98 Å². The molecule has 0 atom stereocenters. The number of halogens is 1. The van der Waals surface area contributed by atoms with Crippen LogP contribution < -0.4 is 16.0 Å². The Kier molecular flexibility index (Phi) is 5.90. The van der Waals surface area contributed by atoms with Gasteiger partial charge in [0.25, 0.3) is 0 Å². The number of nitrogens with two attached hydrogens (primary N) is 1. The lowest BCUT2D eigenvalue weighted by Crippen LogP contribution is -2.35. The Balaban J connectivity index is 1.87. The maximum Gasteiger partial charge on any atom is 0.350 e. The monoisotopic (exact) mass is 396 g/mol. The summed E-state index contributed by atoms with van der Waals surface area (Å²) in [5.74, 6) is 0.777. The van der Waals surface area contributed by atoms with Crippen LogP contribution in [0.2, 0.25) is 5.15 Å². The van der Waals surface area contributed by atoms with Crippen LogP contribution >= 0.6 is 22.9 Å². The first-order valence-corrected chi connectivity index (χ1v) is 9.66. The standard InChI is InChI=1S/C16H21ClN6O2S/c1-3-25-14(24)11-9(2)19-16(26-11)22-15-20-12(17)10-5-4-7-23(8-6-18)13(10)21-15/h3-8,18H2,1-2H3,(H,19,20,21,22). The normalized spacial score (nSPS) is 13.5. The molecule has 0 amide bonds.